The van der Waals surface area contributed by atoms with Crippen LogP contribution in [0.5, 0.6) is 0 Å². The summed E-state index contributed by atoms with van der Waals surface area (Å²) in [5.41, 5.74) is 1.40. The average molecular weight is 354 g/mol. The van der Waals surface area contributed by atoms with E-state index < -0.39 is 0 Å². The number of likely N-dealkylation sites (tertiary alicyclic amines) is 2. The minimum Gasteiger partial charge on any atom is -0.342 e. The predicted octanol–water partition coefficient (Wildman–Crippen LogP) is 3.12. The molecular weight excluding hydrogens is 324 g/mol. The van der Waals surface area contributed by atoms with Crippen LogP contribution in [0, 0.1) is 17.8 Å². The lowest BCUT2D eigenvalue weighted by Gasteiger charge is -2.32. The maximum absolute atomic E-state index is 12.8. The topological polar surface area (TPSA) is 40.6 Å². The van der Waals surface area contributed by atoms with E-state index in [4.69, 9.17) is 0 Å². The van der Waals surface area contributed by atoms with Gasteiger partial charge in [0.25, 0.3) is 0 Å². The van der Waals surface area contributed by atoms with Gasteiger partial charge < -0.3 is 9.80 Å². The summed E-state index contributed by atoms with van der Waals surface area (Å²) in [7, 11) is 0. The highest BCUT2D eigenvalue weighted by Crippen LogP contribution is 2.42. The zero-order valence-corrected chi connectivity index (χ0v) is 15.6. The molecule has 3 aliphatic rings. The van der Waals surface area contributed by atoms with E-state index in [1.807, 2.05) is 9.80 Å². The van der Waals surface area contributed by atoms with Crippen LogP contribution >= 0.6 is 0 Å². The lowest BCUT2D eigenvalue weighted by molar-refractivity contribution is -0.139. The Labute approximate surface area is 156 Å². The van der Waals surface area contributed by atoms with Gasteiger partial charge in [-0.15, -0.1) is 0 Å². The summed E-state index contributed by atoms with van der Waals surface area (Å²) < 4.78 is 0. The fraction of sp³-hybridized carbons (Fsp3) is 0.636. The SMILES string of the molecule is O=C(C1CC1C(=O)N1CCC(Cc2ccccc2)CC1)N1CCCCC1. The number of rotatable bonds is 4. The maximum Gasteiger partial charge on any atom is 0.226 e. The van der Waals surface area contributed by atoms with Crippen LogP contribution in [0.1, 0.15) is 44.1 Å². The van der Waals surface area contributed by atoms with Gasteiger partial charge in [-0.1, -0.05) is 30.3 Å². The van der Waals surface area contributed by atoms with Crippen LogP contribution in [-0.4, -0.2) is 47.8 Å². The number of carbonyl (C=O) groups is 2. The summed E-state index contributed by atoms with van der Waals surface area (Å²) in [4.78, 5) is 29.4. The first-order chi connectivity index (χ1) is 12.7. The third-order valence-corrected chi connectivity index (χ3v) is 6.39. The number of benzene rings is 1. The molecule has 0 N–H and O–H groups in total. The molecule has 26 heavy (non-hydrogen) atoms. The molecule has 0 spiro atoms. The molecule has 4 rings (SSSR count). The minimum absolute atomic E-state index is 0.0253. The van der Waals surface area contributed by atoms with Crippen molar-refractivity contribution >= 4 is 11.8 Å². The molecule has 4 heteroatoms. The van der Waals surface area contributed by atoms with Gasteiger partial charge in [-0.2, -0.15) is 0 Å². The van der Waals surface area contributed by atoms with Gasteiger partial charge in [-0.05, 0) is 56.4 Å². The first-order valence-electron chi connectivity index (χ1n) is 10.3. The van der Waals surface area contributed by atoms with Crippen molar-refractivity contribution < 1.29 is 9.59 Å². The van der Waals surface area contributed by atoms with Crippen molar-refractivity contribution in [2.45, 2.75) is 44.9 Å². The second-order valence-electron chi connectivity index (χ2n) is 8.29. The summed E-state index contributed by atoms with van der Waals surface area (Å²) in [5.74, 6) is 1.09. The Morgan fingerprint density at radius 1 is 0.808 bits per heavy atom. The van der Waals surface area contributed by atoms with Gasteiger partial charge in [-0.3, -0.25) is 9.59 Å². The van der Waals surface area contributed by atoms with E-state index in [0.29, 0.717) is 5.92 Å². The van der Waals surface area contributed by atoms with Crippen LogP contribution in [0.3, 0.4) is 0 Å². The molecule has 1 aromatic rings. The van der Waals surface area contributed by atoms with E-state index in [1.165, 1.54) is 12.0 Å². The summed E-state index contributed by atoms with van der Waals surface area (Å²) in [5, 5.41) is 0. The van der Waals surface area contributed by atoms with Crippen molar-refractivity contribution in [1.82, 2.24) is 9.80 Å². The fourth-order valence-corrected chi connectivity index (χ4v) is 4.63. The van der Waals surface area contributed by atoms with E-state index in [9.17, 15) is 9.59 Å². The molecule has 1 aliphatic carbocycles. The van der Waals surface area contributed by atoms with Crippen LogP contribution in [0.2, 0.25) is 0 Å². The average Bonchev–Trinajstić information content (AvgIpc) is 3.50. The van der Waals surface area contributed by atoms with Gasteiger partial charge in [0.05, 0.1) is 11.8 Å². The number of carbonyl (C=O) groups excluding carboxylic acids is 2. The van der Waals surface area contributed by atoms with Crippen molar-refractivity contribution in [2.24, 2.45) is 17.8 Å². The number of amides is 2. The Balaban J connectivity index is 1.23. The maximum atomic E-state index is 12.8. The van der Waals surface area contributed by atoms with E-state index in [-0.39, 0.29) is 23.7 Å². The van der Waals surface area contributed by atoms with Crippen LogP contribution in [0.25, 0.3) is 0 Å². The quantitative estimate of drug-likeness (QED) is 0.833. The largest absolute Gasteiger partial charge is 0.342 e. The van der Waals surface area contributed by atoms with E-state index >= 15 is 0 Å². The molecule has 3 fully saturated rings. The Morgan fingerprint density at radius 3 is 2.00 bits per heavy atom. The first kappa shape index (κ1) is 17.6. The number of hydrogen-bond donors (Lipinski definition) is 0. The minimum atomic E-state index is -0.0323. The molecule has 4 nitrogen and oxygen atoms in total. The molecule has 1 saturated carbocycles. The normalized spacial score (nSPS) is 26.6. The monoisotopic (exact) mass is 354 g/mol. The Kier molecular flexibility index (Phi) is 5.28. The predicted molar refractivity (Wildman–Crippen MR) is 101 cm³/mol. The number of nitrogens with zero attached hydrogens (tertiary/aromatic N) is 2. The van der Waals surface area contributed by atoms with E-state index in [1.54, 1.807) is 0 Å². The van der Waals surface area contributed by atoms with Crippen molar-refractivity contribution in [3.8, 4) is 0 Å². The Hall–Kier alpha value is -1.84. The molecule has 1 aromatic carbocycles. The lowest BCUT2D eigenvalue weighted by atomic mass is 9.90. The van der Waals surface area contributed by atoms with Crippen LogP contribution in [0.4, 0.5) is 0 Å². The summed E-state index contributed by atoms with van der Waals surface area (Å²) in [6, 6.07) is 10.6. The molecule has 2 aliphatic heterocycles. The summed E-state index contributed by atoms with van der Waals surface area (Å²) in [6.07, 6.45) is 7.52. The van der Waals surface area contributed by atoms with Gasteiger partial charge in [0.2, 0.25) is 11.8 Å². The van der Waals surface area contributed by atoms with E-state index in [0.717, 1.165) is 64.7 Å². The van der Waals surface area contributed by atoms with Crippen molar-refractivity contribution in [2.75, 3.05) is 26.2 Å². The van der Waals surface area contributed by atoms with Crippen molar-refractivity contribution in [1.29, 1.82) is 0 Å². The second-order valence-corrected chi connectivity index (χ2v) is 8.29. The van der Waals surface area contributed by atoms with Gasteiger partial charge in [0.15, 0.2) is 0 Å². The molecule has 2 heterocycles. The van der Waals surface area contributed by atoms with Crippen molar-refractivity contribution in [3.05, 3.63) is 35.9 Å². The van der Waals surface area contributed by atoms with Crippen LogP contribution in [-0.2, 0) is 16.0 Å². The zero-order valence-electron chi connectivity index (χ0n) is 15.6. The van der Waals surface area contributed by atoms with E-state index in [2.05, 4.69) is 30.3 Å². The van der Waals surface area contributed by atoms with Crippen LogP contribution in [0.15, 0.2) is 30.3 Å². The molecular formula is C22H30N2O2. The molecule has 2 saturated heterocycles. The highest BCUT2D eigenvalue weighted by Gasteiger charge is 2.51. The standard InChI is InChI=1S/C22H30N2O2/c25-21(23-11-5-2-6-12-23)19-16-20(19)22(26)24-13-9-18(10-14-24)15-17-7-3-1-4-8-17/h1,3-4,7-8,18-20H,2,5-6,9-16H2. The highest BCUT2D eigenvalue weighted by atomic mass is 16.2. The molecule has 2 amide bonds. The second kappa shape index (κ2) is 7.81. The third kappa shape index (κ3) is 3.94. The molecule has 0 radical (unpaired) electrons. The molecule has 0 aromatic heterocycles. The lowest BCUT2D eigenvalue weighted by Crippen LogP contribution is -2.41. The molecule has 2 atom stereocenters. The van der Waals surface area contributed by atoms with Crippen molar-refractivity contribution in [3.63, 3.8) is 0 Å². The zero-order chi connectivity index (χ0) is 17.9. The smallest absolute Gasteiger partial charge is 0.226 e. The first-order valence-corrected chi connectivity index (χ1v) is 10.3. The van der Waals surface area contributed by atoms with Gasteiger partial charge >= 0.3 is 0 Å². The Bertz CT molecular complexity index is 631. The fourth-order valence-electron chi connectivity index (χ4n) is 4.63. The molecule has 0 bridgehead atoms. The number of hydrogen-bond acceptors (Lipinski definition) is 2. The summed E-state index contributed by atoms with van der Waals surface area (Å²) in [6.45, 7) is 3.50. The van der Waals surface area contributed by atoms with Gasteiger partial charge in [0.1, 0.15) is 0 Å². The van der Waals surface area contributed by atoms with Crippen LogP contribution < -0.4 is 0 Å². The molecule has 140 valence electrons. The molecule has 2 unspecified atom stereocenters. The van der Waals surface area contributed by atoms with Gasteiger partial charge in [0, 0.05) is 26.2 Å². The van der Waals surface area contributed by atoms with Gasteiger partial charge in [-0.25, -0.2) is 0 Å². The third-order valence-electron chi connectivity index (χ3n) is 6.39. The Morgan fingerprint density at radius 2 is 1.38 bits per heavy atom. The highest BCUT2D eigenvalue weighted by molar-refractivity contribution is 5.92. The summed E-state index contributed by atoms with van der Waals surface area (Å²) >= 11 is 0. The number of piperidine rings is 2.